The van der Waals surface area contributed by atoms with E-state index >= 15 is 0 Å². The van der Waals surface area contributed by atoms with Gasteiger partial charge in [0.05, 0.1) is 12.2 Å². The summed E-state index contributed by atoms with van der Waals surface area (Å²) in [6.07, 6.45) is 4.03. The van der Waals surface area contributed by atoms with E-state index in [0.717, 1.165) is 18.1 Å². The molecule has 1 atom stereocenters. The summed E-state index contributed by atoms with van der Waals surface area (Å²) < 4.78 is 1.95. The first-order chi connectivity index (χ1) is 9.15. The van der Waals surface area contributed by atoms with Crippen LogP contribution in [0.1, 0.15) is 36.6 Å². The van der Waals surface area contributed by atoms with Gasteiger partial charge in [0.15, 0.2) is 0 Å². The van der Waals surface area contributed by atoms with Crippen molar-refractivity contribution in [1.82, 2.24) is 15.1 Å². The Balaban J connectivity index is 2.38. The minimum atomic E-state index is 0.169. The van der Waals surface area contributed by atoms with Crippen molar-refractivity contribution in [2.75, 3.05) is 6.54 Å². The smallest absolute Gasteiger partial charge is 0.0610 e. The highest BCUT2D eigenvalue weighted by Gasteiger charge is 2.16. The summed E-state index contributed by atoms with van der Waals surface area (Å²) in [7, 11) is 0. The first-order valence-electron chi connectivity index (χ1n) is 6.67. The molecule has 1 N–H and O–H groups in total. The molecule has 1 unspecified atom stereocenters. The summed E-state index contributed by atoms with van der Waals surface area (Å²) in [4.78, 5) is 0. The zero-order valence-corrected chi connectivity index (χ0v) is 12.4. The average Bonchev–Trinajstić information content (AvgIpc) is 2.85. The number of hydrogen-bond acceptors (Lipinski definition) is 2. The lowest BCUT2D eigenvalue weighted by Gasteiger charge is -2.19. The molecule has 0 bridgehead atoms. The quantitative estimate of drug-likeness (QED) is 0.906. The van der Waals surface area contributed by atoms with Crippen molar-refractivity contribution in [1.29, 1.82) is 0 Å². The Morgan fingerprint density at radius 3 is 2.74 bits per heavy atom. The Morgan fingerprint density at radius 1 is 1.37 bits per heavy atom. The highest BCUT2D eigenvalue weighted by molar-refractivity contribution is 6.30. The van der Waals surface area contributed by atoms with Crippen LogP contribution >= 0.6 is 11.6 Å². The molecule has 1 aromatic heterocycles. The van der Waals surface area contributed by atoms with Gasteiger partial charge in [0.2, 0.25) is 0 Å². The first-order valence-corrected chi connectivity index (χ1v) is 7.05. The molecule has 0 spiro atoms. The Hall–Kier alpha value is -1.32. The second-order valence-electron chi connectivity index (χ2n) is 4.62. The van der Waals surface area contributed by atoms with Crippen LogP contribution in [0.25, 0.3) is 0 Å². The monoisotopic (exact) mass is 277 g/mol. The predicted octanol–water partition coefficient (Wildman–Crippen LogP) is 3.56. The number of hydrogen-bond donors (Lipinski definition) is 1. The molecular weight excluding hydrogens is 258 g/mol. The van der Waals surface area contributed by atoms with Crippen molar-refractivity contribution < 1.29 is 0 Å². The van der Waals surface area contributed by atoms with E-state index in [0.29, 0.717) is 0 Å². The van der Waals surface area contributed by atoms with Crippen molar-refractivity contribution in [3.05, 3.63) is 52.3 Å². The van der Waals surface area contributed by atoms with Gasteiger partial charge in [-0.3, -0.25) is 4.68 Å². The molecular formula is C15H20ClN3. The molecule has 1 heterocycles. The van der Waals surface area contributed by atoms with Gasteiger partial charge in [0.1, 0.15) is 0 Å². The van der Waals surface area contributed by atoms with Gasteiger partial charge in [-0.1, -0.05) is 24.6 Å². The zero-order chi connectivity index (χ0) is 13.8. The standard InChI is InChI=1S/C15H20ClN3/c1-4-17-15(12-9-18-19(5-2)10-12)14-7-6-13(16)8-11(14)3/h6-10,15,17H,4-5H2,1-3H3. The predicted molar refractivity (Wildman–Crippen MR) is 79.6 cm³/mol. The van der Waals surface area contributed by atoms with Crippen molar-refractivity contribution in [3.8, 4) is 0 Å². The lowest BCUT2D eigenvalue weighted by molar-refractivity contribution is 0.623. The van der Waals surface area contributed by atoms with E-state index in [2.05, 4.69) is 43.4 Å². The summed E-state index contributed by atoms with van der Waals surface area (Å²) in [5.74, 6) is 0. The second kappa shape index (κ2) is 6.22. The SMILES string of the molecule is CCNC(c1cnn(CC)c1)c1ccc(Cl)cc1C. The number of benzene rings is 1. The van der Waals surface area contributed by atoms with Gasteiger partial charge >= 0.3 is 0 Å². The first kappa shape index (κ1) is 14.1. The van der Waals surface area contributed by atoms with Crippen LogP contribution in [-0.4, -0.2) is 16.3 Å². The zero-order valence-electron chi connectivity index (χ0n) is 11.7. The van der Waals surface area contributed by atoms with Gasteiger partial charge < -0.3 is 5.32 Å². The molecule has 3 nitrogen and oxygen atoms in total. The van der Waals surface area contributed by atoms with Gasteiger partial charge in [0, 0.05) is 23.3 Å². The van der Waals surface area contributed by atoms with Gasteiger partial charge in [-0.05, 0) is 43.7 Å². The minimum absolute atomic E-state index is 0.169. The molecule has 19 heavy (non-hydrogen) atoms. The number of aromatic nitrogens is 2. The third-order valence-electron chi connectivity index (χ3n) is 3.26. The van der Waals surface area contributed by atoms with Crippen LogP contribution in [0, 0.1) is 6.92 Å². The average molecular weight is 278 g/mol. The largest absolute Gasteiger partial charge is 0.306 e. The molecule has 1 aromatic carbocycles. The molecule has 0 saturated carbocycles. The number of nitrogens with one attached hydrogen (secondary N) is 1. The van der Waals surface area contributed by atoms with E-state index < -0.39 is 0 Å². The van der Waals surface area contributed by atoms with Gasteiger partial charge in [-0.2, -0.15) is 5.10 Å². The van der Waals surface area contributed by atoms with E-state index in [4.69, 9.17) is 11.6 Å². The van der Waals surface area contributed by atoms with Crippen molar-refractivity contribution in [2.24, 2.45) is 0 Å². The van der Waals surface area contributed by atoms with Gasteiger partial charge in [-0.25, -0.2) is 0 Å². The highest BCUT2D eigenvalue weighted by Crippen LogP contribution is 2.26. The molecule has 102 valence electrons. The van der Waals surface area contributed by atoms with Crippen LogP contribution in [-0.2, 0) is 6.54 Å². The fraction of sp³-hybridized carbons (Fsp3) is 0.400. The number of rotatable bonds is 5. The molecule has 4 heteroatoms. The normalized spacial score (nSPS) is 12.6. The third kappa shape index (κ3) is 3.17. The lowest BCUT2D eigenvalue weighted by Crippen LogP contribution is -2.22. The topological polar surface area (TPSA) is 29.9 Å². The molecule has 2 rings (SSSR count). The highest BCUT2D eigenvalue weighted by atomic mass is 35.5. The summed E-state index contributed by atoms with van der Waals surface area (Å²) in [6, 6.07) is 6.21. The summed E-state index contributed by atoms with van der Waals surface area (Å²) >= 11 is 6.03. The summed E-state index contributed by atoms with van der Waals surface area (Å²) in [5.41, 5.74) is 3.64. The fourth-order valence-corrected chi connectivity index (χ4v) is 2.50. The Kier molecular flexibility index (Phi) is 4.61. The molecule has 0 saturated heterocycles. The van der Waals surface area contributed by atoms with Crippen LogP contribution in [0.15, 0.2) is 30.6 Å². The van der Waals surface area contributed by atoms with Crippen molar-refractivity contribution in [2.45, 2.75) is 33.4 Å². The summed E-state index contributed by atoms with van der Waals surface area (Å²) in [5, 5.41) is 8.66. The molecule has 2 aromatic rings. The van der Waals surface area contributed by atoms with Crippen LogP contribution < -0.4 is 5.32 Å². The van der Waals surface area contributed by atoms with Gasteiger partial charge in [0.25, 0.3) is 0 Å². The molecule has 0 aliphatic rings. The van der Waals surface area contributed by atoms with Crippen molar-refractivity contribution >= 4 is 11.6 Å². The molecule has 0 amide bonds. The Bertz CT molecular complexity index is 548. The summed E-state index contributed by atoms with van der Waals surface area (Å²) in [6.45, 7) is 8.09. The van der Waals surface area contributed by atoms with E-state index in [-0.39, 0.29) is 6.04 Å². The minimum Gasteiger partial charge on any atom is -0.306 e. The van der Waals surface area contributed by atoms with E-state index in [1.54, 1.807) is 0 Å². The maximum absolute atomic E-state index is 6.03. The van der Waals surface area contributed by atoms with Gasteiger partial charge in [-0.15, -0.1) is 0 Å². The number of nitrogens with zero attached hydrogens (tertiary/aromatic N) is 2. The van der Waals surface area contributed by atoms with E-state index in [1.165, 1.54) is 16.7 Å². The fourth-order valence-electron chi connectivity index (χ4n) is 2.28. The second-order valence-corrected chi connectivity index (χ2v) is 5.06. The van der Waals surface area contributed by atoms with Crippen molar-refractivity contribution in [3.63, 3.8) is 0 Å². The van der Waals surface area contributed by atoms with Crippen LogP contribution in [0.4, 0.5) is 0 Å². The Morgan fingerprint density at radius 2 is 2.16 bits per heavy atom. The van der Waals surface area contributed by atoms with Crippen LogP contribution in [0.2, 0.25) is 5.02 Å². The maximum atomic E-state index is 6.03. The van der Waals surface area contributed by atoms with Crippen LogP contribution in [0.3, 0.4) is 0 Å². The molecule has 0 radical (unpaired) electrons. The number of halogens is 1. The van der Waals surface area contributed by atoms with Crippen LogP contribution in [0.5, 0.6) is 0 Å². The molecule has 0 fully saturated rings. The van der Waals surface area contributed by atoms with E-state index in [9.17, 15) is 0 Å². The Labute approximate surface area is 119 Å². The third-order valence-corrected chi connectivity index (χ3v) is 3.50. The molecule has 0 aliphatic heterocycles. The number of aryl methyl sites for hydroxylation is 2. The van der Waals surface area contributed by atoms with E-state index in [1.807, 2.05) is 23.0 Å². The lowest BCUT2D eigenvalue weighted by atomic mass is 9.97. The maximum Gasteiger partial charge on any atom is 0.0610 e. The molecule has 0 aliphatic carbocycles.